The zero-order chi connectivity index (χ0) is 32.6. The van der Waals surface area contributed by atoms with Crippen molar-refractivity contribution in [3.8, 4) is 0 Å². The van der Waals surface area contributed by atoms with Crippen molar-refractivity contribution in [2.45, 2.75) is 63.1 Å². The molecular weight excluding hydrogens is 584 g/mol. The van der Waals surface area contributed by atoms with Crippen LogP contribution < -0.4 is 31.4 Å². The van der Waals surface area contributed by atoms with Crippen LogP contribution in [0.4, 0.5) is 5.69 Å². The summed E-state index contributed by atoms with van der Waals surface area (Å²) < 4.78 is 7.57. The number of nitrogen functional groups attached to an aromatic ring is 1. The fraction of sp³-hybridized carbons (Fsp3) is 0.343. The van der Waals surface area contributed by atoms with Crippen molar-refractivity contribution in [1.82, 2.24) is 16.0 Å². The first-order valence-electron chi connectivity index (χ1n) is 15.6. The van der Waals surface area contributed by atoms with Gasteiger partial charge in [0.05, 0.1) is 6.04 Å². The number of fused-ring (bicyclic) bond motifs is 1. The number of para-hydroxylation sites is 1. The van der Waals surface area contributed by atoms with Crippen LogP contribution in [0.3, 0.4) is 0 Å². The molecule has 0 bridgehead atoms. The first-order chi connectivity index (χ1) is 22.2. The van der Waals surface area contributed by atoms with E-state index in [9.17, 15) is 19.5 Å². The summed E-state index contributed by atoms with van der Waals surface area (Å²) in [6.45, 7) is 0. The maximum Gasteiger partial charge on any atom is 0.287 e. The van der Waals surface area contributed by atoms with Gasteiger partial charge in [-0.2, -0.15) is 0 Å². The molecule has 2 aromatic heterocycles. The molecule has 0 spiro atoms. The molecule has 2 heterocycles. The molecule has 1 aliphatic rings. The number of hydrogen-bond donors (Lipinski definition) is 5. The van der Waals surface area contributed by atoms with E-state index in [0.717, 1.165) is 48.6 Å². The summed E-state index contributed by atoms with van der Waals surface area (Å²) in [6, 6.07) is 16.4. The standard InChI is InChI=1S/C35H40N6O5/c1-41-17-7-8-23(21-41)19-27(32(37)42)38-35(45)31(24-9-3-2-4-10-24)40-33(43)28(18-22-13-15-26(36)16-14-22)39-34(44)30-20-25-11-5-6-12-29(25)46-30/h5-8,11-17,20-21,24,27-28,31H,2-4,9-10,18-19,36H2,1H3,(H4-,37,38,39,40,42,43,44,45)/t27-,28-,31-/m0/s1. The van der Waals surface area contributed by atoms with E-state index in [2.05, 4.69) is 16.0 Å². The van der Waals surface area contributed by atoms with Crippen molar-refractivity contribution in [3.05, 3.63) is 96.0 Å². The van der Waals surface area contributed by atoms with Gasteiger partial charge in [0, 0.05) is 35.5 Å². The minimum atomic E-state index is -1.09. The Bertz CT molecular complexity index is 1660. The molecule has 3 amide bonds. The predicted molar refractivity (Wildman–Crippen MR) is 172 cm³/mol. The lowest BCUT2D eigenvalue weighted by molar-refractivity contribution is -0.671. The number of nitrogens with two attached hydrogens (primary N) is 1. The van der Waals surface area contributed by atoms with Crippen molar-refractivity contribution in [2.24, 2.45) is 13.0 Å². The number of aryl methyl sites for hydroxylation is 1. The van der Waals surface area contributed by atoms with Gasteiger partial charge in [-0.3, -0.25) is 14.4 Å². The third-order valence-corrected chi connectivity index (χ3v) is 8.47. The van der Waals surface area contributed by atoms with Gasteiger partial charge in [-0.25, -0.2) is 4.57 Å². The maximum atomic E-state index is 14.0. The van der Waals surface area contributed by atoms with E-state index >= 15 is 0 Å². The molecule has 0 unspecified atom stereocenters. The molecule has 1 aliphatic carbocycles. The Hall–Kier alpha value is -5.19. The number of benzene rings is 2. The quantitative estimate of drug-likeness (QED) is 0.0699. The van der Waals surface area contributed by atoms with Gasteiger partial charge in [0.15, 0.2) is 18.2 Å². The van der Waals surface area contributed by atoms with E-state index in [-0.39, 0.29) is 24.5 Å². The topological polar surface area (TPSA) is 177 Å². The lowest BCUT2D eigenvalue weighted by Gasteiger charge is -2.33. The van der Waals surface area contributed by atoms with Crippen LogP contribution in [-0.2, 0) is 29.5 Å². The number of carbonyl (C=O) groups excluding carboxylic acids is 3. The summed E-state index contributed by atoms with van der Waals surface area (Å²) in [5.41, 5.74) is 8.51. The van der Waals surface area contributed by atoms with Crippen LogP contribution in [0, 0.1) is 11.3 Å². The Labute approximate surface area is 267 Å². The lowest BCUT2D eigenvalue weighted by atomic mass is 9.83. The summed E-state index contributed by atoms with van der Waals surface area (Å²) >= 11 is 0. The van der Waals surface area contributed by atoms with Crippen molar-refractivity contribution in [3.63, 3.8) is 0 Å². The highest BCUT2D eigenvalue weighted by molar-refractivity contribution is 5.99. The molecule has 1 fully saturated rings. The molecule has 46 heavy (non-hydrogen) atoms. The van der Waals surface area contributed by atoms with E-state index in [4.69, 9.17) is 15.6 Å². The van der Waals surface area contributed by atoms with Crippen LogP contribution in [0.15, 0.2) is 83.5 Å². The second-order valence-corrected chi connectivity index (χ2v) is 12.0. The van der Waals surface area contributed by atoms with Gasteiger partial charge in [-0.05, 0) is 60.6 Å². The number of nitrogens with zero attached hydrogens (tertiary/aromatic N) is 1. The highest BCUT2D eigenvalue weighted by atomic mass is 16.3. The van der Waals surface area contributed by atoms with Crippen LogP contribution in [0.5, 0.6) is 0 Å². The molecule has 11 heteroatoms. The predicted octanol–water partition coefficient (Wildman–Crippen LogP) is 2.31. The Morgan fingerprint density at radius 1 is 0.913 bits per heavy atom. The number of anilines is 1. The number of rotatable bonds is 12. The van der Waals surface area contributed by atoms with Crippen molar-refractivity contribution in [2.75, 3.05) is 5.73 Å². The summed E-state index contributed by atoms with van der Waals surface area (Å²) in [7, 11) is 1.85. The number of aromatic nitrogens is 1. The number of pyridine rings is 1. The number of amides is 3. The molecular formula is C35H40N6O5. The van der Waals surface area contributed by atoms with Gasteiger partial charge >= 0.3 is 0 Å². The molecule has 2 aromatic carbocycles. The van der Waals surface area contributed by atoms with E-state index in [0.29, 0.717) is 11.3 Å². The van der Waals surface area contributed by atoms with Gasteiger partial charge in [-0.15, -0.1) is 0 Å². The van der Waals surface area contributed by atoms with Gasteiger partial charge in [0.1, 0.15) is 24.7 Å². The molecule has 240 valence electrons. The summed E-state index contributed by atoms with van der Waals surface area (Å²) in [4.78, 5) is 41.2. The van der Waals surface area contributed by atoms with E-state index < -0.39 is 41.7 Å². The minimum Gasteiger partial charge on any atom is -0.861 e. The zero-order valence-electron chi connectivity index (χ0n) is 25.8. The van der Waals surface area contributed by atoms with E-state index in [1.165, 1.54) is 0 Å². The summed E-state index contributed by atoms with van der Waals surface area (Å²) in [6.07, 6.45) is 8.24. The highest BCUT2D eigenvalue weighted by Crippen LogP contribution is 2.27. The molecule has 11 nitrogen and oxygen atoms in total. The van der Waals surface area contributed by atoms with Crippen LogP contribution in [0.1, 0.15) is 53.8 Å². The second-order valence-electron chi connectivity index (χ2n) is 12.0. The van der Waals surface area contributed by atoms with Gasteiger partial charge in [-0.1, -0.05) is 49.6 Å². The molecule has 0 aliphatic heterocycles. The fourth-order valence-electron chi connectivity index (χ4n) is 6.02. The Morgan fingerprint density at radius 3 is 2.33 bits per heavy atom. The van der Waals surface area contributed by atoms with E-state index in [1.807, 2.05) is 48.3 Å². The third-order valence-electron chi connectivity index (χ3n) is 8.47. The molecule has 4 aromatic rings. The van der Waals surface area contributed by atoms with Gasteiger partial charge in [0.2, 0.25) is 11.8 Å². The van der Waals surface area contributed by atoms with Crippen molar-refractivity contribution < 1.29 is 28.5 Å². The zero-order valence-corrected chi connectivity index (χ0v) is 25.8. The number of nitrogens with one attached hydrogen (secondary N) is 4. The Kier molecular flexibility index (Phi) is 10.3. The van der Waals surface area contributed by atoms with Gasteiger partial charge in [0.25, 0.3) is 5.91 Å². The fourth-order valence-corrected chi connectivity index (χ4v) is 6.02. The van der Waals surface area contributed by atoms with Crippen molar-refractivity contribution in [1.29, 1.82) is 5.41 Å². The SMILES string of the molecule is C[n+]1cccc(C[C@H](NC(=O)[C@@H](NC(=O)[C@H](Cc2ccc(N)cc2)NC(=O)c2cc3ccccc3o2)C2CCCCC2)C(=N)[O-])c1. The lowest BCUT2D eigenvalue weighted by Crippen LogP contribution is -2.59. The maximum absolute atomic E-state index is 14.0. The smallest absolute Gasteiger partial charge is 0.287 e. The number of furan rings is 1. The summed E-state index contributed by atoms with van der Waals surface area (Å²) in [5, 5.41) is 29.4. The minimum absolute atomic E-state index is 0.0593. The first-order valence-corrected chi connectivity index (χ1v) is 15.6. The van der Waals surface area contributed by atoms with Crippen LogP contribution in [0.25, 0.3) is 11.0 Å². The van der Waals surface area contributed by atoms with Crippen LogP contribution >= 0.6 is 0 Å². The average Bonchev–Trinajstić information content (AvgIpc) is 3.49. The number of carbonyl (C=O) groups is 3. The highest BCUT2D eigenvalue weighted by Gasteiger charge is 2.34. The van der Waals surface area contributed by atoms with Crippen molar-refractivity contribution >= 4 is 40.3 Å². The third kappa shape index (κ3) is 8.29. The molecule has 0 radical (unpaired) electrons. The first kappa shape index (κ1) is 32.2. The largest absolute Gasteiger partial charge is 0.861 e. The number of hydrogen-bond acceptors (Lipinski definition) is 7. The molecule has 1 saturated carbocycles. The Morgan fingerprint density at radius 2 is 1.63 bits per heavy atom. The molecule has 0 saturated heterocycles. The Balaban J connectivity index is 1.37. The van der Waals surface area contributed by atoms with Crippen LogP contribution in [-0.4, -0.2) is 41.7 Å². The molecule has 5 rings (SSSR count). The van der Waals surface area contributed by atoms with E-state index in [1.54, 1.807) is 42.5 Å². The van der Waals surface area contributed by atoms with Gasteiger partial charge < -0.3 is 36.6 Å². The molecule has 6 N–H and O–H groups in total. The van der Waals surface area contributed by atoms with Crippen LogP contribution in [0.2, 0.25) is 0 Å². The normalized spacial score (nSPS) is 15.4. The monoisotopic (exact) mass is 624 g/mol. The molecule has 3 atom stereocenters. The average molecular weight is 625 g/mol. The second kappa shape index (κ2) is 14.7. The summed E-state index contributed by atoms with van der Waals surface area (Å²) in [5.74, 6) is -2.67.